The fraction of sp³-hybridized carbons (Fsp3) is 0. The second-order valence-electron chi connectivity index (χ2n) is 2.62. The van der Waals surface area contributed by atoms with Gasteiger partial charge in [0.05, 0.1) is 10.4 Å². The summed E-state index contributed by atoms with van der Waals surface area (Å²) in [5.41, 5.74) is 0.713. The summed E-state index contributed by atoms with van der Waals surface area (Å²) < 4.78 is 0.561. The van der Waals surface area contributed by atoms with Crippen molar-refractivity contribution in [3.05, 3.63) is 39.2 Å². The first-order valence-electron chi connectivity index (χ1n) is 3.73. The molecule has 0 bridgehead atoms. The highest BCUT2D eigenvalue weighted by Gasteiger charge is 2.08. The Kier molecular flexibility index (Phi) is 2.12. The number of halogens is 1. The monoisotopic (exact) mass is 253 g/mol. The minimum absolute atomic E-state index is 0.0352. The summed E-state index contributed by atoms with van der Waals surface area (Å²) in [7, 11) is 0. The molecular formula is C8H4BrN3O2. The van der Waals surface area contributed by atoms with Gasteiger partial charge in [-0.15, -0.1) is 0 Å². The summed E-state index contributed by atoms with van der Waals surface area (Å²) in [5, 5.41) is 11.1. The number of nitro benzene ring substituents is 1. The molecule has 1 aromatic heterocycles. The number of aromatic nitrogens is 2. The van der Waals surface area contributed by atoms with E-state index in [4.69, 9.17) is 0 Å². The van der Waals surface area contributed by atoms with Crippen LogP contribution in [-0.4, -0.2) is 14.9 Å². The number of hydrogen-bond acceptors (Lipinski definition) is 4. The zero-order valence-corrected chi connectivity index (χ0v) is 8.43. The van der Waals surface area contributed by atoms with Gasteiger partial charge in [0.1, 0.15) is 10.9 Å². The number of nitro groups is 1. The molecule has 0 saturated carbocycles. The molecule has 0 aliphatic heterocycles. The molecule has 14 heavy (non-hydrogen) atoms. The third-order valence-electron chi connectivity index (χ3n) is 1.78. The van der Waals surface area contributed by atoms with E-state index in [1.807, 2.05) is 0 Å². The van der Waals surface area contributed by atoms with Gasteiger partial charge in [-0.2, -0.15) is 0 Å². The molecule has 0 N–H and O–H groups in total. The molecule has 0 aliphatic rings. The molecule has 0 atom stereocenters. The Bertz CT molecular complexity index is 515. The third kappa shape index (κ3) is 1.44. The normalized spacial score (nSPS) is 10.4. The predicted molar refractivity (Wildman–Crippen MR) is 53.9 cm³/mol. The molecule has 2 aromatic rings. The third-order valence-corrected chi connectivity index (χ3v) is 2.41. The lowest BCUT2D eigenvalue weighted by atomic mass is 10.2. The second kappa shape index (κ2) is 3.30. The standard InChI is InChI=1S/C8H4BrN3O2/c9-8-6-3-5(12(13)14)1-2-7(6)10-4-11-8/h1-4H. The van der Waals surface area contributed by atoms with Gasteiger partial charge < -0.3 is 0 Å². The maximum Gasteiger partial charge on any atom is 0.270 e. The van der Waals surface area contributed by atoms with Crippen molar-refractivity contribution in [2.24, 2.45) is 0 Å². The number of rotatable bonds is 1. The first kappa shape index (κ1) is 9.01. The molecule has 1 heterocycles. The Balaban J connectivity index is 2.76. The average Bonchev–Trinajstić information content (AvgIpc) is 2.18. The van der Waals surface area contributed by atoms with E-state index < -0.39 is 4.92 Å². The summed E-state index contributed by atoms with van der Waals surface area (Å²) in [6.07, 6.45) is 1.40. The van der Waals surface area contributed by atoms with Gasteiger partial charge in [0.15, 0.2) is 0 Å². The van der Waals surface area contributed by atoms with Crippen LogP contribution in [0.15, 0.2) is 29.1 Å². The van der Waals surface area contributed by atoms with Crippen LogP contribution in [-0.2, 0) is 0 Å². The molecule has 6 heteroatoms. The number of hydrogen-bond donors (Lipinski definition) is 0. The quantitative estimate of drug-likeness (QED) is 0.444. The Hall–Kier alpha value is -1.56. The second-order valence-corrected chi connectivity index (χ2v) is 3.37. The van der Waals surface area contributed by atoms with E-state index in [0.717, 1.165) is 0 Å². The van der Waals surface area contributed by atoms with Crippen molar-refractivity contribution in [2.45, 2.75) is 0 Å². The average molecular weight is 254 g/mol. The first-order valence-corrected chi connectivity index (χ1v) is 4.52. The van der Waals surface area contributed by atoms with Crippen molar-refractivity contribution in [1.29, 1.82) is 0 Å². The van der Waals surface area contributed by atoms with Crippen LogP contribution in [0.1, 0.15) is 0 Å². The summed E-state index contributed by atoms with van der Waals surface area (Å²) in [6.45, 7) is 0. The van der Waals surface area contributed by atoms with Crippen LogP contribution in [0.3, 0.4) is 0 Å². The Morgan fingerprint density at radius 3 is 2.86 bits per heavy atom. The first-order chi connectivity index (χ1) is 6.68. The van der Waals surface area contributed by atoms with E-state index >= 15 is 0 Å². The molecule has 0 spiro atoms. The fourth-order valence-electron chi connectivity index (χ4n) is 1.13. The van der Waals surface area contributed by atoms with Crippen LogP contribution in [0.2, 0.25) is 0 Å². The molecule has 2 rings (SSSR count). The maximum atomic E-state index is 10.5. The highest BCUT2D eigenvalue weighted by Crippen LogP contribution is 2.23. The Labute approximate surface area is 87.1 Å². The van der Waals surface area contributed by atoms with Crippen LogP contribution in [0, 0.1) is 10.1 Å². The molecule has 0 amide bonds. The highest BCUT2D eigenvalue weighted by molar-refractivity contribution is 9.10. The molecule has 5 nitrogen and oxygen atoms in total. The zero-order valence-electron chi connectivity index (χ0n) is 6.85. The van der Waals surface area contributed by atoms with Crippen LogP contribution in [0.25, 0.3) is 10.9 Å². The lowest BCUT2D eigenvalue weighted by Crippen LogP contribution is -1.89. The topological polar surface area (TPSA) is 68.9 Å². The Morgan fingerprint density at radius 2 is 2.14 bits per heavy atom. The van der Waals surface area contributed by atoms with Gasteiger partial charge in [0.2, 0.25) is 0 Å². The zero-order chi connectivity index (χ0) is 10.1. The van der Waals surface area contributed by atoms with Gasteiger partial charge in [-0.25, -0.2) is 9.97 Å². The van der Waals surface area contributed by atoms with E-state index in [0.29, 0.717) is 15.5 Å². The van der Waals surface area contributed by atoms with Crippen LogP contribution in [0.4, 0.5) is 5.69 Å². The molecule has 1 aromatic carbocycles. The van der Waals surface area contributed by atoms with E-state index in [2.05, 4.69) is 25.9 Å². The maximum absolute atomic E-state index is 10.5. The molecule has 0 saturated heterocycles. The molecule has 0 radical (unpaired) electrons. The van der Waals surface area contributed by atoms with E-state index in [1.54, 1.807) is 6.07 Å². The predicted octanol–water partition coefficient (Wildman–Crippen LogP) is 2.30. The van der Waals surface area contributed by atoms with Crippen molar-refractivity contribution < 1.29 is 4.92 Å². The largest absolute Gasteiger partial charge is 0.270 e. The van der Waals surface area contributed by atoms with Gasteiger partial charge >= 0.3 is 0 Å². The summed E-state index contributed by atoms with van der Waals surface area (Å²) in [6, 6.07) is 4.46. The number of non-ortho nitro benzene ring substituents is 1. The van der Waals surface area contributed by atoms with Crippen LogP contribution < -0.4 is 0 Å². The molecule has 70 valence electrons. The van der Waals surface area contributed by atoms with Gasteiger partial charge in [-0.3, -0.25) is 10.1 Å². The van der Waals surface area contributed by atoms with Crippen molar-refractivity contribution in [3.63, 3.8) is 0 Å². The summed E-state index contributed by atoms with van der Waals surface area (Å²) >= 11 is 3.21. The van der Waals surface area contributed by atoms with Gasteiger partial charge in [0.25, 0.3) is 5.69 Å². The summed E-state index contributed by atoms with van der Waals surface area (Å²) in [5.74, 6) is 0. The smallest absolute Gasteiger partial charge is 0.258 e. The van der Waals surface area contributed by atoms with Crippen molar-refractivity contribution in [2.75, 3.05) is 0 Å². The van der Waals surface area contributed by atoms with Crippen LogP contribution in [0.5, 0.6) is 0 Å². The summed E-state index contributed by atoms with van der Waals surface area (Å²) in [4.78, 5) is 17.9. The number of nitrogens with zero attached hydrogens (tertiary/aromatic N) is 3. The van der Waals surface area contributed by atoms with Gasteiger partial charge in [0, 0.05) is 17.5 Å². The highest BCUT2D eigenvalue weighted by atomic mass is 79.9. The minimum atomic E-state index is -0.446. The lowest BCUT2D eigenvalue weighted by molar-refractivity contribution is -0.384. The SMILES string of the molecule is O=[N+]([O-])c1ccc2ncnc(Br)c2c1. The van der Waals surface area contributed by atoms with Gasteiger partial charge in [-0.1, -0.05) is 0 Å². The number of benzene rings is 1. The van der Waals surface area contributed by atoms with Crippen molar-refractivity contribution in [1.82, 2.24) is 9.97 Å². The van der Waals surface area contributed by atoms with E-state index in [-0.39, 0.29) is 5.69 Å². The van der Waals surface area contributed by atoms with E-state index in [9.17, 15) is 10.1 Å². The number of fused-ring (bicyclic) bond motifs is 1. The minimum Gasteiger partial charge on any atom is -0.258 e. The molecule has 0 unspecified atom stereocenters. The van der Waals surface area contributed by atoms with E-state index in [1.165, 1.54) is 18.5 Å². The van der Waals surface area contributed by atoms with Crippen LogP contribution >= 0.6 is 15.9 Å². The molecule has 0 fully saturated rings. The fourth-order valence-corrected chi connectivity index (χ4v) is 1.54. The van der Waals surface area contributed by atoms with Crippen molar-refractivity contribution >= 4 is 32.5 Å². The molecular weight excluding hydrogens is 250 g/mol. The van der Waals surface area contributed by atoms with Gasteiger partial charge in [-0.05, 0) is 22.0 Å². The lowest BCUT2D eigenvalue weighted by Gasteiger charge is -1.97. The Morgan fingerprint density at radius 1 is 1.36 bits per heavy atom. The van der Waals surface area contributed by atoms with Crippen molar-refractivity contribution in [3.8, 4) is 0 Å². The molecule has 0 aliphatic carbocycles.